The summed E-state index contributed by atoms with van der Waals surface area (Å²) < 4.78 is 5.87. The molecule has 0 spiro atoms. The van der Waals surface area contributed by atoms with E-state index in [2.05, 4.69) is 21.9 Å². The molecule has 0 bridgehead atoms. The first kappa shape index (κ1) is 12.8. The van der Waals surface area contributed by atoms with Crippen LogP contribution >= 0.6 is 15.9 Å². The smallest absolute Gasteiger partial charge is 0.164 e. The zero-order valence-electron chi connectivity index (χ0n) is 9.13. The Morgan fingerprint density at radius 3 is 2.94 bits per heavy atom. The average molecular weight is 281 g/mol. The predicted molar refractivity (Wildman–Crippen MR) is 67.7 cm³/mol. The molecular formula is C13H13BrO2. The number of carbonyl (C=O) groups is 1. The Bertz CT molecular complexity index is 418. The topological polar surface area (TPSA) is 26.3 Å². The van der Waals surface area contributed by atoms with E-state index in [1.165, 1.54) is 0 Å². The molecule has 0 heterocycles. The van der Waals surface area contributed by atoms with E-state index in [0.29, 0.717) is 24.2 Å². The average Bonchev–Trinajstić information content (AvgIpc) is 2.30. The van der Waals surface area contributed by atoms with E-state index in [9.17, 15) is 4.79 Å². The van der Waals surface area contributed by atoms with Crippen molar-refractivity contribution in [2.75, 3.05) is 7.11 Å². The molecule has 3 heteroatoms. The third-order valence-corrected chi connectivity index (χ3v) is 2.89. The number of terminal acetylenes is 1. The van der Waals surface area contributed by atoms with E-state index in [0.717, 1.165) is 10.9 Å². The second kappa shape index (κ2) is 6.34. The van der Waals surface area contributed by atoms with Crippen LogP contribution in [-0.4, -0.2) is 12.9 Å². The number of hydrogen-bond acceptors (Lipinski definition) is 2. The quantitative estimate of drug-likeness (QED) is 0.469. The van der Waals surface area contributed by atoms with Gasteiger partial charge in [-0.1, -0.05) is 15.9 Å². The van der Waals surface area contributed by atoms with Gasteiger partial charge in [0.15, 0.2) is 5.78 Å². The summed E-state index contributed by atoms with van der Waals surface area (Å²) in [6, 6.07) is 5.36. The van der Waals surface area contributed by atoms with Gasteiger partial charge in [-0.2, -0.15) is 0 Å². The molecule has 84 valence electrons. The van der Waals surface area contributed by atoms with Gasteiger partial charge in [-0.15, -0.1) is 12.3 Å². The van der Waals surface area contributed by atoms with E-state index >= 15 is 0 Å². The molecule has 16 heavy (non-hydrogen) atoms. The largest absolute Gasteiger partial charge is 0.497 e. The van der Waals surface area contributed by atoms with Crippen LogP contribution in [0.4, 0.5) is 0 Å². The SMILES string of the molecule is C#CCCCC(=O)c1cc(OC)ccc1Br. The molecule has 1 rings (SSSR count). The summed E-state index contributed by atoms with van der Waals surface area (Å²) in [5.74, 6) is 3.29. The van der Waals surface area contributed by atoms with E-state index in [1.807, 2.05) is 12.1 Å². The first-order valence-corrected chi connectivity index (χ1v) is 5.78. The molecule has 0 amide bonds. The van der Waals surface area contributed by atoms with Crippen LogP contribution in [0.15, 0.2) is 22.7 Å². The fourth-order valence-electron chi connectivity index (χ4n) is 1.33. The monoisotopic (exact) mass is 280 g/mol. The highest BCUT2D eigenvalue weighted by atomic mass is 79.9. The van der Waals surface area contributed by atoms with Crippen molar-refractivity contribution in [3.63, 3.8) is 0 Å². The summed E-state index contributed by atoms with van der Waals surface area (Å²) >= 11 is 3.35. The van der Waals surface area contributed by atoms with Crippen molar-refractivity contribution in [3.05, 3.63) is 28.2 Å². The van der Waals surface area contributed by atoms with Crippen LogP contribution in [-0.2, 0) is 0 Å². The molecule has 1 aromatic carbocycles. The van der Waals surface area contributed by atoms with Crippen LogP contribution in [0.25, 0.3) is 0 Å². The number of carbonyl (C=O) groups excluding carboxylic acids is 1. The van der Waals surface area contributed by atoms with Crippen molar-refractivity contribution in [1.29, 1.82) is 0 Å². The molecule has 0 saturated carbocycles. The summed E-state index contributed by atoms with van der Waals surface area (Å²) in [5, 5.41) is 0. The molecule has 0 radical (unpaired) electrons. The van der Waals surface area contributed by atoms with Gasteiger partial charge in [-0.05, 0) is 24.6 Å². The molecule has 0 aliphatic heterocycles. The Balaban J connectivity index is 2.78. The summed E-state index contributed by atoms with van der Waals surface area (Å²) in [5.41, 5.74) is 0.649. The van der Waals surface area contributed by atoms with E-state index in [1.54, 1.807) is 13.2 Å². The van der Waals surface area contributed by atoms with Gasteiger partial charge in [0.1, 0.15) is 5.75 Å². The second-order valence-electron chi connectivity index (χ2n) is 3.33. The number of Topliss-reactive ketones (excluding diaryl/α,β-unsaturated/α-hetero) is 1. The molecule has 1 aromatic rings. The number of hydrogen-bond donors (Lipinski definition) is 0. The van der Waals surface area contributed by atoms with Crippen LogP contribution in [0.1, 0.15) is 29.6 Å². The normalized spacial score (nSPS) is 9.56. The molecule has 0 saturated heterocycles. The fourth-order valence-corrected chi connectivity index (χ4v) is 1.80. The van der Waals surface area contributed by atoms with Gasteiger partial charge in [-0.25, -0.2) is 0 Å². The van der Waals surface area contributed by atoms with Crippen LogP contribution in [0, 0.1) is 12.3 Å². The van der Waals surface area contributed by atoms with Crippen LogP contribution < -0.4 is 4.74 Å². The first-order valence-electron chi connectivity index (χ1n) is 4.99. The molecule has 0 aromatic heterocycles. The van der Waals surface area contributed by atoms with Crippen molar-refractivity contribution < 1.29 is 9.53 Å². The van der Waals surface area contributed by atoms with Gasteiger partial charge in [0.2, 0.25) is 0 Å². The maximum Gasteiger partial charge on any atom is 0.164 e. The minimum absolute atomic E-state index is 0.0843. The van der Waals surface area contributed by atoms with Gasteiger partial charge >= 0.3 is 0 Å². The summed E-state index contributed by atoms with van der Waals surface area (Å²) in [4.78, 5) is 11.9. The molecule has 0 N–H and O–H groups in total. The maximum atomic E-state index is 11.9. The molecule has 0 fully saturated rings. The highest BCUT2D eigenvalue weighted by molar-refractivity contribution is 9.10. The van der Waals surface area contributed by atoms with Gasteiger partial charge in [0, 0.05) is 22.9 Å². The minimum Gasteiger partial charge on any atom is -0.497 e. The minimum atomic E-state index is 0.0843. The van der Waals surface area contributed by atoms with Crippen molar-refractivity contribution in [2.45, 2.75) is 19.3 Å². The molecule has 0 atom stereocenters. The van der Waals surface area contributed by atoms with Crippen molar-refractivity contribution in [2.24, 2.45) is 0 Å². The highest BCUT2D eigenvalue weighted by Gasteiger charge is 2.10. The van der Waals surface area contributed by atoms with Crippen molar-refractivity contribution in [3.8, 4) is 18.1 Å². The number of benzene rings is 1. The Hall–Kier alpha value is -1.27. The van der Waals surface area contributed by atoms with E-state index < -0.39 is 0 Å². The molecule has 0 aliphatic rings. The van der Waals surface area contributed by atoms with Crippen molar-refractivity contribution >= 4 is 21.7 Å². The lowest BCUT2D eigenvalue weighted by molar-refractivity contribution is 0.0979. The maximum absolute atomic E-state index is 11.9. The Morgan fingerprint density at radius 2 is 2.31 bits per heavy atom. The zero-order valence-corrected chi connectivity index (χ0v) is 10.7. The van der Waals surface area contributed by atoms with E-state index in [4.69, 9.17) is 11.2 Å². The zero-order chi connectivity index (χ0) is 12.0. The standard InChI is InChI=1S/C13H13BrO2/c1-3-4-5-6-13(15)11-9-10(16-2)7-8-12(11)14/h1,7-9H,4-6H2,2H3. The molecular weight excluding hydrogens is 268 g/mol. The van der Waals surface area contributed by atoms with Gasteiger partial charge < -0.3 is 4.74 Å². The summed E-state index contributed by atoms with van der Waals surface area (Å²) in [6.45, 7) is 0. The number of methoxy groups -OCH3 is 1. The molecule has 2 nitrogen and oxygen atoms in total. The Kier molecular flexibility index (Phi) is 5.07. The lowest BCUT2D eigenvalue weighted by Crippen LogP contribution is -2.00. The van der Waals surface area contributed by atoms with Crippen LogP contribution in [0.2, 0.25) is 0 Å². The van der Waals surface area contributed by atoms with Crippen LogP contribution in [0.3, 0.4) is 0 Å². The third kappa shape index (κ3) is 3.39. The number of rotatable bonds is 5. The molecule has 0 unspecified atom stereocenters. The van der Waals surface area contributed by atoms with Gasteiger partial charge in [0.25, 0.3) is 0 Å². The second-order valence-corrected chi connectivity index (χ2v) is 4.18. The number of ether oxygens (including phenoxy) is 1. The molecule has 0 aliphatic carbocycles. The van der Waals surface area contributed by atoms with Gasteiger partial charge in [0.05, 0.1) is 7.11 Å². The number of unbranched alkanes of at least 4 members (excludes halogenated alkanes) is 1. The highest BCUT2D eigenvalue weighted by Crippen LogP contribution is 2.24. The first-order chi connectivity index (χ1) is 7.69. The van der Waals surface area contributed by atoms with Gasteiger partial charge in [-0.3, -0.25) is 4.79 Å². The summed E-state index contributed by atoms with van der Waals surface area (Å²) in [6.07, 6.45) is 6.96. The lowest BCUT2D eigenvalue weighted by Gasteiger charge is -2.05. The Morgan fingerprint density at radius 1 is 1.56 bits per heavy atom. The van der Waals surface area contributed by atoms with Crippen LogP contribution in [0.5, 0.6) is 5.75 Å². The fraction of sp³-hybridized carbons (Fsp3) is 0.308. The number of halogens is 1. The number of ketones is 1. The predicted octanol–water partition coefficient (Wildman–Crippen LogP) is 3.44. The Labute approximate surface area is 104 Å². The van der Waals surface area contributed by atoms with E-state index in [-0.39, 0.29) is 5.78 Å². The third-order valence-electron chi connectivity index (χ3n) is 2.20. The van der Waals surface area contributed by atoms with Crippen molar-refractivity contribution in [1.82, 2.24) is 0 Å². The summed E-state index contributed by atoms with van der Waals surface area (Å²) in [7, 11) is 1.58. The lowest BCUT2D eigenvalue weighted by atomic mass is 10.1.